The summed E-state index contributed by atoms with van der Waals surface area (Å²) in [6.07, 6.45) is 2.46. The fourth-order valence-corrected chi connectivity index (χ4v) is 24.1. The van der Waals surface area contributed by atoms with Crippen LogP contribution < -0.4 is 13.6 Å². The van der Waals surface area contributed by atoms with Gasteiger partial charge in [-0.3, -0.25) is 0 Å². The quantitative estimate of drug-likeness (QED) is 0.143. The van der Waals surface area contributed by atoms with Gasteiger partial charge < -0.3 is 0 Å². The van der Waals surface area contributed by atoms with E-state index in [2.05, 4.69) is 151 Å². The standard InChI is InChI=1S/C30H33.C12H9Si.2ClH.Zr/c1-19(2)24-15-25(20(3)4)17-27(16-24)30-28(21(5)6)13-12-23-14-26(18-29(23)30)22-10-8-7-9-11-22;1-3-7-11-9(5-1)10-6-2-4-8-12(10)13-11;;;/h7-21H,1-6H3;1-7H,13H2;2*1H;/q;;;;+2/p-2. The third-order valence-electron chi connectivity index (χ3n) is 10.1. The third-order valence-corrected chi connectivity index (χ3v) is 24.3. The second-order valence-electron chi connectivity index (χ2n) is 14.1. The zero-order chi connectivity index (χ0) is 32.3. The molecule has 0 nitrogen and oxygen atoms in total. The number of benzene rings is 5. The van der Waals surface area contributed by atoms with Crippen molar-refractivity contribution in [2.45, 2.75) is 62.9 Å². The minimum atomic E-state index is -4.18. The molecule has 0 radical (unpaired) electrons. The Kier molecular flexibility index (Phi) is 8.73. The number of rotatable bonds is 7. The Morgan fingerprint density at radius 3 is 1.96 bits per heavy atom. The summed E-state index contributed by atoms with van der Waals surface area (Å²) in [6.45, 7) is 13.8. The Morgan fingerprint density at radius 1 is 0.630 bits per heavy atom. The molecule has 2 aliphatic rings. The number of fused-ring (bicyclic) bond motifs is 4. The van der Waals surface area contributed by atoms with E-state index in [9.17, 15) is 0 Å². The first-order chi connectivity index (χ1) is 22.1. The third kappa shape index (κ3) is 5.48. The number of hydrogen-bond acceptors (Lipinski definition) is 0. The zero-order valence-electron chi connectivity index (χ0n) is 27.7. The van der Waals surface area contributed by atoms with Gasteiger partial charge in [-0.15, -0.1) is 0 Å². The molecule has 232 valence electrons. The van der Waals surface area contributed by atoms with Gasteiger partial charge in [0.2, 0.25) is 0 Å². The first-order valence-corrected chi connectivity index (χ1v) is 27.1. The van der Waals surface area contributed by atoms with Crippen LogP contribution in [-0.4, -0.2) is 9.52 Å². The molecule has 0 aromatic heterocycles. The average Bonchev–Trinajstić information content (AvgIpc) is 3.64. The van der Waals surface area contributed by atoms with E-state index in [1.165, 1.54) is 74.9 Å². The van der Waals surface area contributed by atoms with Crippen molar-refractivity contribution in [3.63, 3.8) is 0 Å². The molecule has 1 heterocycles. The van der Waals surface area contributed by atoms with Crippen molar-refractivity contribution >= 4 is 51.8 Å². The van der Waals surface area contributed by atoms with Crippen LogP contribution >= 0.6 is 17.0 Å². The molecule has 1 unspecified atom stereocenters. The van der Waals surface area contributed by atoms with Crippen molar-refractivity contribution in [1.29, 1.82) is 0 Å². The van der Waals surface area contributed by atoms with Crippen LogP contribution in [0, 0.1) is 0 Å². The number of halogens is 2. The number of hydrogen-bond donors (Lipinski definition) is 0. The van der Waals surface area contributed by atoms with Crippen LogP contribution in [-0.2, 0) is 17.9 Å². The maximum absolute atomic E-state index is 8.06. The summed E-state index contributed by atoms with van der Waals surface area (Å²) in [6, 6.07) is 38.5. The molecule has 46 heavy (non-hydrogen) atoms. The van der Waals surface area contributed by atoms with Crippen molar-refractivity contribution in [2.24, 2.45) is 0 Å². The summed E-state index contributed by atoms with van der Waals surface area (Å²) in [4.78, 5) is 0. The molecule has 0 amide bonds. The van der Waals surface area contributed by atoms with Gasteiger partial charge in [0, 0.05) is 0 Å². The first-order valence-electron chi connectivity index (χ1n) is 16.7. The summed E-state index contributed by atoms with van der Waals surface area (Å²) >= 11 is -4.18. The predicted molar refractivity (Wildman–Crippen MR) is 202 cm³/mol. The van der Waals surface area contributed by atoms with Gasteiger partial charge in [0.15, 0.2) is 0 Å². The van der Waals surface area contributed by atoms with Crippen LogP contribution in [0.1, 0.15) is 96.3 Å². The van der Waals surface area contributed by atoms with Crippen molar-refractivity contribution < 1.29 is 17.9 Å². The van der Waals surface area contributed by atoms with Crippen molar-refractivity contribution in [1.82, 2.24) is 0 Å². The van der Waals surface area contributed by atoms with Gasteiger partial charge >= 0.3 is 291 Å². The molecule has 0 saturated carbocycles. The van der Waals surface area contributed by atoms with Gasteiger partial charge in [-0.2, -0.15) is 0 Å². The molecular formula is C42H42Cl2SiZr. The Hall–Kier alpha value is -2.48. The summed E-state index contributed by atoms with van der Waals surface area (Å²) in [5, 5.41) is 2.97. The molecule has 7 rings (SSSR count). The summed E-state index contributed by atoms with van der Waals surface area (Å²) in [5.74, 6) is 1.27. The van der Waals surface area contributed by atoms with Gasteiger partial charge in [0.25, 0.3) is 0 Å². The van der Waals surface area contributed by atoms with Crippen LogP contribution in [0.3, 0.4) is 0 Å². The van der Waals surface area contributed by atoms with Crippen LogP contribution in [0.15, 0.2) is 103 Å². The van der Waals surface area contributed by atoms with E-state index >= 15 is 0 Å². The molecule has 5 aromatic rings. The second-order valence-corrected chi connectivity index (χ2v) is 29.9. The molecule has 0 spiro atoms. The summed E-state index contributed by atoms with van der Waals surface area (Å²) < 4.78 is 1.26. The van der Waals surface area contributed by atoms with Crippen LogP contribution in [0.2, 0.25) is 0 Å². The molecule has 1 aliphatic heterocycles. The molecule has 4 heteroatoms. The van der Waals surface area contributed by atoms with Crippen molar-refractivity contribution in [3.05, 3.63) is 137 Å². The molecule has 0 fully saturated rings. The van der Waals surface area contributed by atoms with E-state index in [4.69, 9.17) is 17.0 Å². The second kappa shape index (κ2) is 12.5. The fraction of sp³-hybridized carbons (Fsp3) is 0.238. The Balaban J connectivity index is 1.48. The SMILES string of the molecule is CC(C)c1cc(-c2c(C(C)C)ccc3c2C=C(c2ccccc2)[CH]3[Zr]([Cl])([Cl])[c]2cccc3c2[SiH2]c2ccccc2-3)cc(C(C)C)c1. The summed E-state index contributed by atoms with van der Waals surface area (Å²) in [7, 11) is 15.4. The zero-order valence-corrected chi connectivity index (χ0v) is 33.0. The van der Waals surface area contributed by atoms with E-state index in [1.807, 2.05) is 0 Å². The average molecular weight is 737 g/mol. The molecule has 5 aromatic carbocycles. The maximum atomic E-state index is 8.06. The van der Waals surface area contributed by atoms with Gasteiger partial charge in [0.05, 0.1) is 0 Å². The van der Waals surface area contributed by atoms with E-state index in [0.29, 0.717) is 17.8 Å². The van der Waals surface area contributed by atoms with Gasteiger partial charge in [0.1, 0.15) is 0 Å². The van der Waals surface area contributed by atoms with Gasteiger partial charge in [-0.05, 0) is 0 Å². The molecule has 0 bridgehead atoms. The molecule has 1 atom stereocenters. The van der Waals surface area contributed by atoms with Crippen LogP contribution in [0.4, 0.5) is 0 Å². The minimum absolute atomic E-state index is 0.0166. The Labute approximate surface area is 289 Å². The summed E-state index contributed by atoms with van der Waals surface area (Å²) in [5.41, 5.74) is 14.7. The normalized spacial score (nSPS) is 15.9. The van der Waals surface area contributed by atoms with Crippen LogP contribution in [0.5, 0.6) is 0 Å². The van der Waals surface area contributed by atoms with E-state index in [1.54, 1.807) is 0 Å². The molecule has 0 N–H and O–H groups in total. The topological polar surface area (TPSA) is 0 Å². The fourth-order valence-electron chi connectivity index (χ4n) is 7.65. The van der Waals surface area contributed by atoms with Gasteiger partial charge in [-0.1, -0.05) is 0 Å². The first kappa shape index (κ1) is 32.1. The van der Waals surface area contributed by atoms with Crippen molar-refractivity contribution in [2.75, 3.05) is 0 Å². The molecule has 1 aliphatic carbocycles. The van der Waals surface area contributed by atoms with Crippen LogP contribution in [0.25, 0.3) is 33.9 Å². The van der Waals surface area contributed by atoms with E-state index in [0.717, 1.165) is 0 Å². The number of allylic oxidation sites excluding steroid dienone is 1. The van der Waals surface area contributed by atoms with Crippen molar-refractivity contribution in [3.8, 4) is 22.3 Å². The Bertz CT molecular complexity index is 1960. The predicted octanol–water partition coefficient (Wildman–Crippen LogP) is 10.2. The monoisotopic (exact) mass is 734 g/mol. The molecule has 0 saturated heterocycles. The molecular weight excluding hydrogens is 695 g/mol. The Morgan fingerprint density at radius 2 is 1.28 bits per heavy atom. The van der Waals surface area contributed by atoms with E-state index < -0.39 is 27.4 Å². The van der Waals surface area contributed by atoms with Gasteiger partial charge in [-0.25, -0.2) is 0 Å². The van der Waals surface area contributed by atoms with E-state index in [-0.39, 0.29) is 3.63 Å².